The maximum Gasteiger partial charge on any atom is 0.252 e. The highest BCUT2D eigenvalue weighted by atomic mass is 16.1. The average Bonchev–Trinajstić information content (AvgIpc) is 3.35. The molecule has 0 unspecified atom stereocenters. The molecule has 7 heteroatoms. The topological polar surface area (TPSA) is 79.7 Å². The first-order valence-corrected chi connectivity index (χ1v) is 13.7. The summed E-state index contributed by atoms with van der Waals surface area (Å²) in [6, 6.07) is 17.2. The second kappa shape index (κ2) is 11.4. The highest BCUT2D eigenvalue weighted by molar-refractivity contribution is 5.82. The Morgan fingerprint density at radius 1 is 1.08 bits per heavy atom. The van der Waals surface area contributed by atoms with Gasteiger partial charge in [0.05, 0.1) is 18.1 Å². The molecular weight excluding hydrogens is 460 g/mol. The van der Waals surface area contributed by atoms with E-state index in [-0.39, 0.29) is 11.6 Å². The molecule has 0 spiro atoms. The van der Waals surface area contributed by atoms with Gasteiger partial charge in [-0.15, -0.1) is 5.10 Å². The number of pyridine rings is 1. The number of aromatic amines is 1. The zero-order valence-corrected chi connectivity index (χ0v) is 22.3. The van der Waals surface area contributed by atoms with Gasteiger partial charge in [-0.2, -0.15) is 0 Å². The number of aromatic nitrogens is 5. The molecule has 1 saturated carbocycles. The first-order chi connectivity index (χ1) is 18.0. The molecule has 194 valence electrons. The minimum absolute atomic E-state index is 0.000566. The Kier molecular flexibility index (Phi) is 7.79. The predicted molar refractivity (Wildman–Crippen MR) is 147 cm³/mol. The summed E-state index contributed by atoms with van der Waals surface area (Å²) in [6.45, 7) is 7.60. The number of tetrazole rings is 1. The van der Waals surface area contributed by atoms with Crippen molar-refractivity contribution in [2.45, 2.75) is 90.9 Å². The molecule has 37 heavy (non-hydrogen) atoms. The standard InChI is InChI=1S/C30H38N6O/c1-4-11-27(29-32-33-34-36(29)19-23-12-7-5-8-13-23)35(26-14-9-6-10-15-26)20-25-18-24-17-21(2)16-22(3)28(24)31-30(25)37/h5,7-8,12-13,16-18,26-27H,4,6,9-11,14-15,19-20H2,1-3H3,(H,31,37)/t27-/m1/s1. The maximum absolute atomic E-state index is 13.3. The second-order valence-electron chi connectivity index (χ2n) is 10.6. The largest absolute Gasteiger partial charge is 0.321 e. The number of aryl methyl sites for hydroxylation is 2. The van der Waals surface area contributed by atoms with E-state index in [1.807, 2.05) is 22.9 Å². The zero-order chi connectivity index (χ0) is 25.8. The van der Waals surface area contributed by atoms with Crippen molar-refractivity contribution in [3.8, 4) is 0 Å². The molecule has 0 radical (unpaired) electrons. The fourth-order valence-electron chi connectivity index (χ4n) is 5.99. The summed E-state index contributed by atoms with van der Waals surface area (Å²) in [5.74, 6) is 0.889. The van der Waals surface area contributed by atoms with Crippen LogP contribution in [0.4, 0.5) is 0 Å². The molecule has 0 amide bonds. The van der Waals surface area contributed by atoms with Gasteiger partial charge < -0.3 is 4.98 Å². The third kappa shape index (κ3) is 5.67. The van der Waals surface area contributed by atoms with E-state index in [4.69, 9.17) is 0 Å². The van der Waals surface area contributed by atoms with Crippen molar-refractivity contribution >= 4 is 10.9 Å². The van der Waals surface area contributed by atoms with Crippen LogP contribution in [0.15, 0.2) is 53.3 Å². The molecule has 7 nitrogen and oxygen atoms in total. The van der Waals surface area contributed by atoms with Crippen molar-refractivity contribution in [3.05, 3.63) is 87.0 Å². The van der Waals surface area contributed by atoms with E-state index < -0.39 is 0 Å². The number of fused-ring (bicyclic) bond motifs is 1. The lowest BCUT2D eigenvalue weighted by Gasteiger charge is -2.39. The average molecular weight is 499 g/mol. The molecule has 4 aromatic rings. The summed E-state index contributed by atoms with van der Waals surface area (Å²) >= 11 is 0. The SMILES string of the molecule is CCC[C@H](c1nnnn1Cc1ccccc1)N(Cc1cc2cc(C)cc(C)c2[nH]c1=O)C1CCCCC1. The fourth-order valence-corrected chi connectivity index (χ4v) is 5.99. The van der Waals surface area contributed by atoms with E-state index in [2.05, 4.69) is 76.5 Å². The lowest BCUT2D eigenvalue weighted by atomic mass is 9.91. The van der Waals surface area contributed by atoms with E-state index >= 15 is 0 Å². The van der Waals surface area contributed by atoms with Gasteiger partial charge >= 0.3 is 0 Å². The third-order valence-corrected chi connectivity index (χ3v) is 7.76. The van der Waals surface area contributed by atoms with Crippen LogP contribution in [0, 0.1) is 13.8 Å². The van der Waals surface area contributed by atoms with Gasteiger partial charge in [0.1, 0.15) is 0 Å². The van der Waals surface area contributed by atoms with Gasteiger partial charge in [-0.1, -0.05) is 74.6 Å². The van der Waals surface area contributed by atoms with Crippen molar-refractivity contribution in [1.82, 2.24) is 30.1 Å². The summed E-state index contributed by atoms with van der Waals surface area (Å²) in [4.78, 5) is 19.1. The molecule has 2 heterocycles. The highest BCUT2D eigenvalue weighted by Crippen LogP contribution is 2.34. The lowest BCUT2D eigenvalue weighted by Crippen LogP contribution is -2.41. The van der Waals surface area contributed by atoms with Gasteiger partial charge in [0, 0.05) is 18.2 Å². The van der Waals surface area contributed by atoms with Gasteiger partial charge in [-0.3, -0.25) is 9.69 Å². The van der Waals surface area contributed by atoms with Crippen LogP contribution in [0.1, 0.15) is 86.0 Å². The van der Waals surface area contributed by atoms with Crippen molar-refractivity contribution in [2.75, 3.05) is 0 Å². The Balaban J connectivity index is 1.54. The van der Waals surface area contributed by atoms with Crippen LogP contribution in [0.5, 0.6) is 0 Å². The molecule has 0 saturated heterocycles. The van der Waals surface area contributed by atoms with Crippen LogP contribution in [0.2, 0.25) is 0 Å². The van der Waals surface area contributed by atoms with Crippen LogP contribution in [0.25, 0.3) is 10.9 Å². The Bertz CT molecular complexity index is 1390. The number of rotatable bonds is 9. The fraction of sp³-hybridized carbons (Fsp3) is 0.467. The summed E-state index contributed by atoms with van der Waals surface area (Å²) < 4.78 is 1.95. The second-order valence-corrected chi connectivity index (χ2v) is 10.6. The summed E-state index contributed by atoms with van der Waals surface area (Å²) in [7, 11) is 0. The first kappa shape index (κ1) is 25.3. The smallest absolute Gasteiger partial charge is 0.252 e. The van der Waals surface area contributed by atoms with E-state index in [0.29, 0.717) is 19.1 Å². The molecule has 1 fully saturated rings. The van der Waals surface area contributed by atoms with Crippen LogP contribution >= 0.6 is 0 Å². The molecule has 1 aliphatic rings. The molecular formula is C30H38N6O. The Hall–Kier alpha value is -3.32. The number of nitrogens with zero attached hydrogens (tertiary/aromatic N) is 5. The molecule has 1 N–H and O–H groups in total. The summed E-state index contributed by atoms with van der Waals surface area (Å²) in [6.07, 6.45) is 7.97. The van der Waals surface area contributed by atoms with Crippen molar-refractivity contribution < 1.29 is 0 Å². The van der Waals surface area contributed by atoms with E-state index in [1.165, 1.54) is 30.4 Å². The normalized spacial score (nSPS) is 15.5. The summed E-state index contributed by atoms with van der Waals surface area (Å²) in [5.41, 5.74) is 5.22. The van der Waals surface area contributed by atoms with Gasteiger partial charge in [0.15, 0.2) is 5.82 Å². The zero-order valence-electron chi connectivity index (χ0n) is 22.3. The number of benzene rings is 2. The van der Waals surface area contributed by atoms with Crippen LogP contribution in [-0.2, 0) is 13.1 Å². The van der Waals surface area contributed by atoms with Crippen LogP contribution < -0.4 is 5.56 Å². The van der Waals surface area contributed by atoms with Gasteiger partial charge in [0.2, 0.25) is 0 Å². The highest BCUT2D eigenvalue weighted by Gasteiger charge is 2.32. The Labute approximate surface area is 218 Å². The maximum atomic E-state index is 13.3. The number of H-pyrrole nitrogens is 1. The molecule has 2 aromatic heterocycles. The van der Waals surface area contributed by atoms with Crippen molar-refractivity contribution in [2.24, 2.45) is 0 Å². The van der Waals surface area contributed by atoms with E-state index in [9.17, 15) is 4.79 Å². The molecule has 2 aromatic carbocycles. The third-order valence-electron chi connectivity index (χ3n) is 7.76. The van der Waals surface area contributed by atoms with Crippen molar-refractivity contribution in [1.29, 1.82) is 0 Å². The van der Waals surface area contributed by atoms with Crippen molar-refractivity contribution in [3.63, 3.8) is 0 Å². The molecule has 0 aliphatic heterocycles. The molecule has 5 rings (SSSR count). The molecule has 1 aliphatic carbocycles. The van der Waals surface area contributed by atoms with Gasteiger partial charge in [0.25, 0.3) is 5.56 Å². The number of hydrogen-bond acceptors (Lipinski definition) is 5. The molecule has 0 bridgehead atoms. The quantitative estimate of drug-likeness (QED) is 0.313. The summed E-state index contributed by atoms with van der Waals surface area (Å²) in [5, 5.41) is 14.1. The first-order valence-electron chi connectivity index (χ1n) is 13.7. The van der Waals surface area contributed by atoms with Crippen LogP contribution in [-0.4, -0.2) is 36.1 Å². The van der Waals surface area contributed by atoms with Crippen LogP contribution in [0.3, 0.4) is 0 Å². The monoisotopic (exact) mass is 498 g/mol. The molecule has 1 atom stereocenters. The number of nitrogens with one attached hydrogen (secondary N) is 1. The number of hydrogen-bond donors (Lipinski definition) is 1. The Morgan fingerprint density at radius 3 is 2.62 bits per heavy atom. The van der Waals surface area contributed by atoms with E-state index in [1.54, 1.807) is 0 Å². The Morgan fingerprint density at radius 2 is 1.86 bits per heavy atom. The lowest BCUT2D eigenvalue weighted by molar-refractivity contribution is 0.0812. The van der Waals surface area contributed by atoms with Gasteiger partial charge in [-0.25, -0.2) is 4.68 Å². The predicted octanol–water partition coefficient (Wildman–Crippen LogP) is 5.86. The van der Waals surface area contributed by atoms with Gasteiger partial charge in [-0.05, 0) is 72.2 Å². The van der Waals surface area contributed by atoms with E-state index in [0.717, 1.165) is 53.5 Å². The minimum Gasteiger partial charge on any atom is -0.321 e. The minimum atomic E-state index is -0.000566.